The van der Waals surface area contributed by atoms with Crippen LogP contribution in [0.2, 0.25) is 0 Å². The lowest BCUT2D eigenvalue weighted by Gasteiger charge is -2.04. The summed E-state index contributed by atoms with van der Waals surface area (Å²) in [6.45, 7) is 14.2. The van der Waals surface area contributed by atoms with Gasteiger partial charge in [0.15, 0.2) is 11.4 Å². The number of halogens is 1. The van der Waals surface area contributed by atoms with Crippen LogP contribution in [0.4, 0.5) is 4.39 Å². The molecule has 0 aliphatic carbocycles. The number of benzene rings is 2. The average molecular weight is 348 g/mol. The van der Waals surface area contributed by atoms with Crippen molar-refractivity contribution in [3.05, 3.63) is 93.9 Å². The zero-order chi connectivity index (χ0) is 18.8. The number of rotatable bonds is 7. The van der Waals surface area contributed by atoms with E-state index in [0.717, 1.165) is 16.9 Å². The monoisotopic (exact) mass is 348 g/mol. The lowest BCUT2D eigenvalue weighted by molar-refractivity contribution is 0.273. The minimum Gasteiger partial charge on any atom is -0.497 e. The lowest BCUT2D eigenvalue weighted by atomic mass is 10.1. The van der Waals surface area contributed by atoms with Gasteiger partial charge in [-0.05, 0) is 35.4 Å². The largest absolute Gasteiger partial charge is 0.497 e. The number of ether oxygens (including phenoxy) is 2. The standard InChI is InChI=1S/C21H17FN2O2/c1-23-20(14-16-4-8-18(25-3)9-5-16)21(24-2)15-17-6-10-19(11-7-17)26-13-12-22/h4-11,14-15H,12-13H2,3H3/b20-14-,21-15-. The molecule has 0 aliphatic rings. The van der Waals surface area contributed by atoms with Crippen molar-refractivity contribution in [2.24, 2.45) is 0 Å². The summed E-state index contributed by atoms with van der Waals surface area (Å²) in [6, 6.07) is 14.2. The van der Waals surface area contributed by atoms with Crippen LogP contribution in [0.3, 0.4) is 0 Å². The van der Waals surface area contributed by atoms with Crippen LogP contribution in [0, 0.1) is 13.1 Å². The molecule has 0 aromatic heterocycles. The molecule has 0 aliphatic heterocycles. The third kappa shape index (κ3) is 5.22. The molecule has 5 heteroatoms. The zero-order valence-electron chi connectivity index (χ0n) is 14.3. The molecule has 0 saturated heterocycles. The Labute approximate surface area is 152 Å². The van der Waals surface area contributed by atoms with E-state index in [9.17, 15) is 4.39 Å². The molecular formula is C21H17FN2O2. The highest BCUT2D eigenvalue weighted by atomic mass is 19.1. The number of hydrogen-bond donors (Lipinski definition) is 0. The minimum atomic E-state index is -0.548. The van der Waals surface area contributed by atoms with Crippen LogP contribution >= 0.6 is 0 Å². The fourth-order valence-electron chi connectivity index (χ4n) is 2.16. The van der Waals surface area contributed by atoms with E-state index in [1.165, 1.54) is 0 Å². The molecule has 0 heterocycles. The topological polar surface area (TPSA) is 27.2 Å². The second-order valence-corrected chi connectivity index (χ2v) is 5.16. The molecule has 0 N–H and O–H groups in total. The maximum absolute atomic E-state index is 12.1. The van der Waals surface area contributed by atoms with Gasteiger partial charge in [-0.2, -0.15) is 0 Å². The normalized spacial score (nSPS) is 11.4. The summed E-state index contributed by atoms with van der Waals surface area (Å²) in [5, 5.41) is 0. The summed E-state index contributed by atoms with van der Waals surface area (Å²) < 4.78 is 22.4. The van der Waals surface area contributed by atoms with Crippen LogP contribution < -0.4 is 9.47 Å². The molecule has 26 heavy (non-hydrogen) atoms. The Morgan fingerprint density at radius 1 is 0.885 bits per heavy atom. The van der Waals surface area contributed by atoms with E-state index in [1.807, 2.05) is 12.1 Å². The van der Waals surface area contributed by atoms with Crippen molar-refractivity contribution in [1.82, 2.24) is 0 Å². The number of methoxy groups -OCH3 is 1. The highest BCUT2D eigenvalue weighted by molar-refractivity contribution is 5.69. The maximum Gasteiger partial charge on any atom is 0.195 e. The van der Waals surface area contributed by atoms with Crippen LogP contribution in [-0.2, 0) is 0 Å². The smallest absolute Gasteiger partial charge is 0.195 e. The van der Waals surface area contributed by atoms with Crippen LogP contribution in [0.15, 0.2) is 59.9 Å². The first kappa shape index (κ1) is 18.8. The van der Waals surface area contributed by atoms with Crippen molar-refractivity contribution >= 4 is 12.2 Å². The van der Waals surface area contributed by atoms with E-state index in [1.54, 1.807) is 55.7 Å². The summed E-state index contributed by atoms with van der Waals surface area (Å²) in [6.07, 6.45) is 3.30. The molecule has 130 valence electrons. The molecule has 0 radical (unpaired) electrons. The van der Waals surface area contributed by atoms with E-state index >= 15 is 0 Å². The van der Waals surface area contributed by atoms with Gasteiger partial charge in [-0.3, -0.25) is 9.69 Å². The van der Waals surface area contributed by atoms with Crippen molar-refractivity contribution in [3.8, 4) is 11.5 Å². The van der Waals surface area contributed by atoms with Crippen LogP contribution in [0.25, 0.3) is 21.8 Å². The predicted octanol–water partition coefficient (Wildman–Crippen LogP) is 5.26. The molecule has 0 unspecified atom stereocenters. The zero-order valence-corrected chi connectivity index (χ0v) is 14.3. The average Bonchev–Trinajstić information content (AvgIpc) is 2.70. The van der Waals surface area contributed by atoms with Gasteiger partial charge in [0.2, 0.25) is 0 Å². The second-order valence-electron chi connectivity index (χ2n) is 5.16. The number of alkyl halides is 1. The van der Waals surface area contributed by atoms with Crippen LogP contribution in [-0.4, -0.2) is 20.4 Å². The first-order chi connectivity index (χ1) is 12.7. The van der Waals surface area contributed by atoms with E-state index in [4.69, 9.17) is 22.6 Å². The molecule has 2 rings (SSSR count). The molecule has 4 nitrogen and oxygen atoms in total. The summed E-state index contributed by atoms with van der Waals surface area (Å²) >= 11 is 0. The summed E-state index contributed by atoms with van der Waals surface area (Å²) in [7, 11) is 1.59. The molecule has 0 atom stereocenters. The van der Waals surface area contributed by atoms with Crippen molar-refractivity contribution in [2.45, 2.75) is 0 Å². The van der Waals surface area contributed by atoms with Gasteiger partial charge in [0.1, 0.15) is 24.8 Å². The SMILES string of the molecule is [C-]#[N+]C(=C\c1ccc(OC)cc1)/C(=C/c1ccc(OCCF)cc1)[N+]#[C-]. The van der Waals surface area contributed by atoms with Gasteiger partial charge in [-0.1, -0.05) is 36.4 Å². The molecule has 0 bridgehead atoms. The third-order valence-electron chi connectivity index (χ3n) is 3.45. The van der Waals surface area contributed by atoms with Crippen molar-refractivity contribution < 1.29 is 13.9 Å². The fourth-order valence-corrected chi connectivity index (χ4v) is 2.16. The predicted molar refractivity (Wildman–Crippen MR) is 100 cm³/mol. The van der Waals surface area contributed by atoms with Gasteiger partial charge in [0, 0.05) is 0 Å². The van der Waals surface area contributed by atoms with Gasteiger partial charge >= 0.3 is 0 Å². The molecule has 0 saturated carbocycles. The molecule has 0 spiro atoms. The Morgan fingerprint density at radius 2 is 1.35 bits per heavy atom. The van der Waals surface area contributed by atoms with Crippen LogP contribution in [0.1, 0.15) is 11.1 Å². The second kappa shape index (κ2) is 9.66. The summed E-state index contributed by atoms with van der Waals surface area (Å²) in [5.41, 5.74) is 2.06. The van der Waals surface area contributed by atoms with E-state index < -0.39 is 6.67 Å². The van der Waals surface area contributed by atoms with Crippen LogP contribution in [0.5, 0.6) is 11.5 Å². The summed E-state index contributed by atoms with van der Waals surface area (Å²) in [4.78, 5) is 6.96. The van der Waals surface area contributed by atoms with Gasteiger partial charge in [-0.15, -0.1) is 0 Å². The molecule has 0 amide bonds. The molecule has 2 aromatic rings. The Kier molecular flexibility index (Phi) is 6.97. The molecule has 2 aromatic carbocycles. The third-order valence-corrected chi connectivity index (χ3v) is 3.45. The highest BCUT2D eigenvalue weighted by Crippen LogP contribution is 2.23. The quantitative estimate of drug-likeness (QED) is 0.504. The Morgan fingerprint density at radius 3 is 1.73 bits per heavy atom. The highest BCUT2D eigenvalue weighted by Gasteiger charge is 2.07. The maximum atomic E-state index is 12.1. The Hall–Kier alpha value is -3.57. The van der Waals surface area contributed by atoms with E-state index in [0.29, 0.717) is 5.75 Å². The van der Waals surface area contributed by atoms with Gasteiger partial charge in [-0.25, -0.2) is 4.39 Å². The first-order valence-corrected chi connectivity index (χ1v) is 7.81. The Balaban J connectivity index is 2.26. The number of nitrogens with zero attached hydrogens (tertiary/aromatic N) is 2. The Bertz CT molecular complexity index is 870. The van der Waals surface area contributed by atoms with Crippen molar-refractivity contribution in [1.29, 1.82) is 0 Å². The molecule has 0 fully saturated rings. The fraction of sp³-hybridized carbons (Fsp3) is 0.143. The summed E-state index contributed by atoms with van der Waals surface area (Å²) in [5.74, 6) is 1.28. The van der Waals surface area contributed by atoms with E-state index in [2.05, 4.69) is 9.69 Å². The molecular weight excluding hydrogens is 331 g/mol. The van der Waals surface area contributed by atoms with Gasteiger partial charge < -0.3 is 9.47 Å². The first-order valence-electron chi connectivity index (χ1n) is 7.81. The van der Waals surface area contributed by atoms with Crippen molar-refractivity contribution in [2.75, 3.05) is 20.4 Å². The van der Waals surface area contributed by atoms with Gasteiger partial charge in [0.05, 0.1) is 20.3 Å². The lowest BCUT2D eigenvalue weighted by Crippen LogP contribution is -1.98. The van der Waals surface area contributed by atoms with E-state index in [-0.39, 0.29) is 18.0 Å². The minimum absolute atomic E-state index is 0.00889. The number of hydrogen-bond acceptors (Lipinski definition) is 2. The van der Waals surface area contributed by atoms with Crippen molar-refractivity contribution in [3.63, 3.8) is 0 Å². The van der Waals surface area contributed by atoms with Gasteiger partial charge in [0.25, 0.3) is 0 Å².